The van der Waals surface area contributed by atoms with Crippen molar-refractivity contribution in [2.75, 3.05) is 33.0 Å². The Hall–Kier alpha value is -6.00. The lowest BCUT2D eigenvalue weighted by Gasteiger charge is -2.09. The third-order valence-corrected chi connectivity index (χ3v) is 8.82. The Kier molecular flexibility index (Phi) is 14.3. The molecule has 260 valence electrons. The van der Waals surface area contributed by atoms with E-state index in [1.807, 2.05) is 103 Å². The van der Waals surface area contributed by atoms with Crippen molar-refractivity contribution in [2.45, 2.75) is 43.3 Å². The molecular formula is C44H40N4O4. The van der Waals surface area contributed by atoms with E-state index in [9.17, 15) is 0 Å². The van der Waals surface area contributed by atoms with Gasteiger partial charge in [0.1, 0.15) is 0 Å². The van der Waals surface area contributed by atoms with Crippen LogP contribution >= 0.6 is 0 Å². The highest BCUT2D eigenvalue weighted by atomic mass is 16.5. The Bertz CT molecular complexity index is 1850. The summed E-state index contributed by atoms with van der Waals surface area (Å²) in [5.74, 6) is 0.823. The highest BCUT2D eigenvalue weighted by Gasteiger charge is 2.18. The second-order valence-corrected chi connectivity index (χ2v) is 12.3. The molecule has 4 aromatic rings. The molecule has 4 atom stereocenters. The SMILES string of the molecule is [C-]#[N+]c1cccc(C2C=CCO2)c1.[C-]#[N+]c1cccc(C2C=COC2)c1.[C-]#[N+]c1cccc(C2CCCO2)c1.[C-]#[N+]c1cccc(C2CCOC2)c1. The van der Waals surface area contributed by atoms with Gasteiger partial charge in [-0.15, -0.1) is 0 Å². The van der Waals surface area contributed by atoms with Crippen LogP contribution in [0.15, 0.2) is 122 Å². The fourth-order valence-corrected chi connectivity index (χ4v) is 6.05. The highest BCUT2D eigenvalue weighted by Crippen LogP contribution is 2.31. The smallest absolute Gasteiger partial charge is 0.187 e. The quantitative estimate of drug-likeness (QED) is 0.158. The maximum absolute atomic E-state index is 6.90. The third-order valence-electron chi connectivity index (χ3n) is 8.82. The first-order valence-electron chi connectivity index (χ1n) is 17.3. The molecule has 4 heterocycles. The summed E-state index contributed by atoms with van der Waals surface area (Å²) in [4.78, 5) is 13.6. The van der Waals surface area contributed by atoms with Crippen molar-refractivity contribution >= 4 is 22.7 Å². The lowest BCUT2D eigenvalue weighted by molar-refractivity contribution is 0.112. The molecule has 8 nitrogen and oxygen atoms in total. The van der Waals surface area contributed by atoms with E-state index in [1.165, 1.54) is 5.56 Å². The van der Waals surface area contributed by atoms with Gasteiger partial charge in [-0.05, 0) is 42.0 Å². The second-order valence-electron chi connectivity index (χ2n) is 12.3. The van der Waals surface area contributed by atoms with E-state index in [4.69, 9.17) is 45.2 Å². The molecule has 2 fully saturated rings. The summed E-state index contributed by atoms with van der Waals surface area (Å²) >= 11 is 0. The maximum atomic E-state index is 6.90. The number of ether oxygens (including phenoxy) is 4. The first kappa shape index (κ1) is 37.3. The maximum Gasteiger partial charge on any atom is 0.187 e. The number of benzene rings is 4. The molecular weight excluding hydrogens is 649 g/mol. The zero-order valence-corrected chi connectivity index (χ0v) is 28.9. The minimum Gasteiger partial charge on any atom is -0.501 e. The Balaban J connectivity index is 0.000000134. The molecule has 0 radical (unpaired) electrons. The molecule has 0 saturated carbocycles. The predicted octanol–water partition coefficient (Wildman–Crippen LogP) is 11.6. The van der Waals surface area contributed by atoms with Gasteiger partial charge in [-0.3, -0.25) is 0 Å². The molecule has 2 saturated heterocycles. The van der Waals surface area contributed by atoms with Crippen molar-refractivity contribution in [1.29, 1.82) is 0 Å². The van der Waals surface area contributed by atoms with E-state index in [2.05, 4.69) is 25.4 Å². The van der Waals surface area contributed by atoms with Crippen LogP contribution in [0.25, 0.3) is 19.4 Å². The first-order chi connectivity index (χ1) is 25.6. The Morgan fingerprint density at radius 2 is 1.13 bits per heavy atom. The van der Waals surface area contributed by atoms with Crippen LogP contribution in [0.1, 0.15) is 65.6 Å². The van der Waals surface area contributed by atoms with Gasteiger partial charge in [-0.1, -0.05) is 115 Å². The molecule has 4 aromatic carbocycles. The minimum atomic E-state index is 0.0432. The monoisotopic (exact) mass is 688 g/mol. The molecule has 0 N–H and O–H groups in total. The Morgan fingerprint density at radius 3 is 1.65 bits per heavy atom. The predicted molar refractivity (Wildman–Crippen MR) is 203 cm³/mol. The van der Waals surface area contributed by atoms with Gasteiger partial charge in [0.25, 0.3) is 0 Å². The summed E-state index contributed by atoms with van der Waals surface area (Å²) in [5, 5.41) is 0. The van der Waals surface area contributed by atoms with E-state index >= 15 is 0 Å². The van der Waals surface area contributed by atoms with Crippen molar-refractivity contribution in [3.8, 4) is 0 Å². The summed E-state index contributed by atoms with van der Waals surface area (Å²) in [5.41, 5.74) is 7.39. The third kappa shape index (κ3) is 11.0. The normalized spacial score (nSPS) is 20.5. The molecule has 0 amide bonds. The van der Waals surface area contributed by atoms with E-state index in [0.29, 0.717) is 42.1 Å². The molecule has 8 heteroatoms. The average Bonchev–Trinajstić information content (AvgIpc) is 4.07. The number of hydrogen-bond donors (Lipinski definition) is 0. The van der Waals surface area contributed by atoms with Gasteiger partial charge in [0, 0.05) is 25.0 Å². The van der Waals surface area contributed by atoms with Gasteiger partial charge in [0.05, 0.1) is 64.6 Å². The van der Waals surface area contributed by atoms with E-state index in [-0.39, 0.29) is 12.2 Å². The van der Waals surface area contributed by atoms with Gasteiger partial charge < -0.3 is 18.9 Å². The van der Waals surface area contributed by atoms with Gasteiger partial charge in [0.2, 0.25) is 0 Å². The summed E-state index contributed by atoms with van der Waals surface area (Å²) in [6, 6.07) is 30.7. The van der Waals surface area contributed by atoms with E-state index in [0.717, 1.165) is 61.5 Å². The molecule has 0 bridgehead atoms. The van der Waals surface area contributed by atoms with Crippen LogP contribution in [0.4, 0.5) is 22.7 Å². The van der Waals surface area contributed by atoms with Crippen molar-refractivity contribution in [3.05, 3.63) is 189 Å². The number of rotatable bonds is 4. The molecule has 0 aliphatic carbocycles. The van der Waals surface area contributed by atoms with Crippen LogP contribution in [0.5, 0.6) is 0 Å². The first-order valence-corrected chi connectivity index (χ1v) is 17.3. The van der Waals surface area contributed by atoms with Gasteiger partial charge in [-0.2, -0.15) is 0 Å². The summed E-state index contributed by atoms with van der Waals surface area (Å²) < 4.78 is 21.4. The molecule has 0 spiro atoms. The Morgan fingerprint density at radius 1 is 0.558 bits per heavy atom. The average molecular weight is 689 g/mol. The van der Waals surface area contributed by atoms with Crippen molar-refractivity contribution in [3.63, 3.8) is 0 Å². The summed E-state index contributed by atoms with van der Waals surface area (Å²) in [6.45, 7) is 31.4. The van der Waals surface area contributed by atoms with Crippen molar-refractivity contribution in [2.24, 2.45) is 0 Å². The van der Waals surface area contributed by atoms with Crippen LogP contribution in [-0.2, 0) is 18.9 Å². The summed E-state index contributed by atoms with van der Waals surface area (Å²) in [7, 11) is 0. The topological polar surface area (TPSA) is 54.4 Å². The Labute approximate surface area is 306 Å². The molecule has 4 aliphatic rings. The van der Waals surface area contributed by atoms with Gasteiger partial charge >= 0.3 is 0 Å². The van der Waals surface area contributed by atoms with Gasteiger partial charge in [-0.25, -0.2) is 19.4 Å². The van der Waals surface area contributed by atoms with E-state index in [1.54, 1.807) is 12.3 Å². The minimum absolute atomic E-state index is 0.0432. The lowest BCUT2D eigenvalue weighted by Crippen LogP contribution is -1.96. The van der Waals surface area contributed by atoms with Crippen LogP contribution in [0.2, 0.25) is 0 Å². The molecule has 4 unspecified atom stereocenters. The second kappa shape index (κ2) is 20.0. The van der Waals surface area contributed by atoms with Crippen LogP contribution in [0.3, 0.4) is 0 Å². The fraction of sp³-hybridized carbons (Fsp3) is 0.273. The lowest BCUT2D eigenvalue weighted by atomic mass is 9.98. The molecule has 8 rings (SSSR count). The standard InChI is InChI=1S/C11H11NO.C11H9NO.C11H11NO.C11H9NO/c2*1-12-10-5-2-4-9(8-10)11-6-3-7-13-11;2*1-12-11-4-2-3-9(7-11)10-5-6-13-8-10/h2,4-5,8,11H,3,6-7H2;2-6,8,11H,7H2;2-4,7,10H,5-6,8H2;2-7,10H,8H2. The zero-order valence-electron chi connectivity index (χ0n) is 28.9. The summed E-state index contributed by atoms with van der Waals surface area (Å²) in [6.07, 6.45) is 11.3. The van der Waals surface area contributed by atoms with Crippen molar-refractivity contribution in [1.82, 2.24) is 0 Å². The van der Waals surface area contributed by atoms with Crippen molar-refractivity contribution < 1.29 is 18.9 Å². The molecule has 0 aromatic heterocycles. The van der Waals surface area contributed by atoms with Crippen LogP contribution < -0.4 is 0 Å². The molecule has 4 aliphatic heterocycles. The van der Waals surface area contributed by atoms with E-state index < -0.39 is 0 Å². The van der Waals surface area contributed by atoms with Crippen LogP contribution in [0, 0.1) is 26.3 Å². The largest absolute Gasteiger partial charge is 0.501 e. The van der Waals surface area contributed by atoms with Crippen LogP contribution in [-0.4, -0.2) is 33.0 Å². The number of hydrogen-bond acceptors (Lipinski definition) is 4. The zero-order chi connectivity index (χ0) is 36.4. The highest BCUT2D eigenvalue weighted by molar-refractivity contribution is 5.50. The number of nitrogens with zero attached hydrogens (tertiary/aromatic N) is 4. The fourth-order valence-electron chi connectivity index (χ4n) is 6.05. The van der Waals surface area contributed by atoms with Gasteiger partial charge in [0.15, 0.2) is 22.7 Å². The molecule has 52 heavy (non-hydrogen) atoms.